The average molecular weight is 260 g/mol. The van der Waals surface area contributed by atoms with Crippen molar-refractivity contribution in [2.75, 3.05) is 0 Å². The number of aliphatic carboxylic acids is 1. The largest absolute Gasteiger partial charge is 0.481 e. The fraction of sp³-hybridized carbons (Fsp3) is 0.267. The minimum atomic E-state index is -0.842. The van der Waals surface area contributed by atoms with Gasteiger partial charge in [-0.05, 0) is 36.4 Å². The molecule has 3 heteroatoms. The molecule has 0 spiro atoms. The topological polar surface area (TPSA) is 37.3 Å². The van der Waals surface area contributed by atoms with E-state index in [1.807, 2.05) is 30.3 Å². The average Bonchev–Trinajstić information content (AvgIpc) is 2.82. The van der Waals surface area contributed by atoms with Crippen molar-refractivity contribution in [1.82, 2.24) is 0 Å². The van der Waals surface area contributed by atoms with E-state index in [1.54, 1.807) is 25.2 Å². The van der Waals surface area contributed by atoms with Crippen molar-refractivity contribution >= 4 is 17.3 Å². The zero-order chi connectivity index (χ0) is 13.2. The van der Waals surface area contributed by atoms with Gasteiger partial charge < -0.3 is 5.11 Å². The molecule has 0 amide bonds. The second-order valence-corrected chi connectivity index (χ2v) is 5.92. The summed E-state index contributed by atoms with van der Waals surface area (Å²) in [5.41, 5.74) is 1.17. The summed E-state index contributed by atoms with van der Waals surface area (Å²) in [4.78, 5) is 12.5. The van der Waals surface area contributed by atoms with Gasteiger partial charge in [0.1, 0.15) is 0 Å². The molecule has 0 bridgehead atoms. The molecule has 1 aromatic carbocycles. The van der Waals surface area contributed by atoms with Crippen LogP contribution in [-0.4, -0.2) is 11.1 Å². The molecule has 0 radical (unpaired) electrons. The van der Waals surface area contributed by atoms with Gasteiger partial charge in [0.05, 0.1) is 5.41 Å². The molecular formula is C15H16O2S. The van der Waals surface area contributed by atoms with Gasteiger partial charge in [-0.3, -0.25) is 4.79 Å². The summed E-state index contributed by atoms with van der Waals surface area (Å²) in [6.45, 7) is 3.47. The van der Waals surface area contributed by atoms with Crippen LogP contribution >= 0.6 is 11.3 Å². The highest BCUT2D eigenvalue weighted by atomic mass is 32.1. The Morgan fingerprint density at radius 3 is 2.67 bits per heavy atom. The lowest BCUT2D eigenvalue weighted by Crippen LogP contribution is -2.28. The fourth-order valence-electron chi connectivity index (χ4n) is 1.81. The number of carboxylic acids is 1. The SMILES string of the molecule is CC(C)(C(=O)O)c1cccc(Cc2cccs2)c1. The molecule has 0 aliphatic carbocycles. The summed E-state index contributed by atoms with van der Waals surface area (Å²) < 4.78 is 0. The predicted molar refractivity (Wildman–Crippen MR) is 74.2 cm³/mol. The summed E-state index contributed by atoms with van der Waals surface area (Å²) in [5, 5.41) is 11.3. The van der Waals surface area contributed by atoms with Gasteiger partial charge >= 0.3 is 5.97 Å². The number of hydrogen-bond acceptors (Lipinski definition) is 2. The van der Waals surface area contributed by atoms with Gasteiger partial charge in [-0.15, -0.1) is 11.3 Å². The van der Waals surface area contributed by atoms with E-state index in [9.17, 15) is 9.90 Å². The Hall–Kier alpha value is -1.61. The van der Waals surface area contributed by atoms with Crippen molar-refractivity contribution in [1.29, 1.82) is 0 Å². The molecule has 1 aromatic heterocycles. The lowest BCUT2D eigenvalue weighted by Gasteiger charge is -2.20. The standard InChI is InChI=1S/C15H16O2S/c1-15(2,14(16)17)12-6-3-5-11(9-12)10-13-7-4-8-18-13/h3-9H,10H2,1-2H3,(H,16,17). The number of hydrogen-bond donors (Lipinski definition) is 1. The maximum absolute atomic E-state index is 11.3. The van der Waals surface area contributed by atoms with E-state index in [-0.39, 0.29) is 0 Å². The minimum Gasteiger partial charge on any atom is -0.481 e. The van der Waals surface area contributed by atoms with E-state index < -0.39 is 11.4 Å². The van der Waals surface area contributed by atoms with Crippen LogP contribution < -0.4 is 0 Å². The second kappa shape index (κ2) is 4.94. The third-order valence-electron chi connectivity index (χ3n) is 3.14. The highest BCUT2D eigenvalue weighted by Crippen LogP contribution is 2.25. The van der Waals surface area contributed by atoms with Gasteiger partial charge in [-0.2, -0.15) is 0 Å². The molecule has 0 aliphatic heterocycles. The normalized spacial score (nSPS) is 11.4. The molecule has 1 heterocycles. The van der Waals surface area contributed by atoms with Crippen LogP contribution in [0.5, 0.6) is 0 Å². The third-order valence-corrected chi connectivity index (χ3v) is 4.02. The van der Waals surface area contributed by atoms with Crippen molar-refractivity contribution in [3.05, 3.63) is 57.8 Å². The van der Waals surface area contributed by atoms with Crippen molar-refractivity contribution in [2.45, 2.75) is 25.7 Å². The van der Waals surface area contributed by atoms with E-state index >= 15 is 0 Å². The van der Waals surface area contributed by atoms with Crippen molar-refractivity contribution in [3.63, 3.8) is 0 Å². The Labute approximate surface area is 111 Å². The Kier molecular flexibility index (Phi) is 3.53. The van der Waals surface area contributed by atoms with E-state index in [0.717, 1.165) is 17.5 Å². The number of rotatable bonds is 4. The van der Waals surface area contributed by atoms with Gasteiger partial charge in [0.15, 0.2) is 0 Å². The Bertz CT molecular complexity index is 541. The molecule has 2 rings (SSSR count). The summed E-state index contributed by atoms with van der Waals surface area (Å²) in [6.07, 6.45) is 0.862. The molecule has 2 aromatic rings. The summed E-state index contributed by atoms with van der Waals surface area (Å²) in [7, 11) is 0. The van der Waals surface area contributed by atoms with E-state index in [0.29, 0.717) is 0 Å². The third kappa shape index (κ3) is 2.62. The van der Waals surface area contributed by atoms with Crippen LogP contribution in [0.4, 0.5) is 0 Å². The lowest BCUT2D eigenvalue weighted by atomic mass is 9.84. The van der Waals surface area contributed by atoms with E-state index in [2.05, 4.69) is 11.4 Å². The Morgan fingerprint density at radius 1 is 1.28 bits per heavy atom. The molecule has 1 N–H and O–H groups in total. The van der Waals surface area contributed by atoms with Gasteiger partial charge in [-0.1, -0.05) is 30.3 Å². The first-order valence-corrected chi connectivity index (χ1v) is 6.73. The van der Waals surface area contributed by atoms with Gasteiger partial charge in [0.2, 0.25) is 0 Å². The first-order valence-electron chi connectivity index (χ1n) is 5.85. The van der Waals surface area contributed by atoms with Gasteiger partial charge in [-0.25, -0.2) is 0 Å². The summed E-state index contributed by atoms with van der Waals surface area (Å²) in [5.74, 6) is -0.796. The Balaban J connectivity index is 2.28. The highest BCUT2D eigenvalue weighted by molar-refractivity contribution is 7.09. The summed E-state index contributed by atoms with van der Waals surface area (Å²) >= 11 is 1.72. The molecule has 0 unspecified atom stereocenters. The van der Waals surface area contributed by atoms with Gasteiger partial charge in [0.25, 0.3) is 0 Å². The monoisotopic (exact) mass is 260 g/mol. The highest BCUT2D eigenvalue weighted by Gasteiger charge is 2.29. The molecule has 94 valence electrons. The molecule has 0 saturated carbocycles. The minimum absolute atomic E-state index is 0.796. The zero-order valence-electron chi connectivity index (χ0n) is 10.5. The van der Waals surface area contributed by atoms with Crippen LogP contribution in [0, 0.1) is 0 Å². The smallest absolute Gasteiger partial charge is 0.313 e. The molecule has 0 fully saturated rings. The maximum atomic E-state index is 11.3. The predicted octanol–water partition coefficient (Wildman–Crippen LogP) is 3.70. The van der Waals surface area contributed by atoms with Crippen LogP contribution in [0.2, 0.25) is 0 Å². The number of carboxylic acid groups (broad SMARTS) is 1. The maximum Gasteiger partial charge on any atom is 0.313 e. The fourth-order valence-corrected chi connectivity index (χ4v) is 2.55. The molecule has 18 heavy (non-hydrogen) atoms. The van der Waals surface area contributed by atoms with Crippen molar-refractivity contribution in [3.8, 4) is 0 Å². The quantitative estimate of drug-likeness (QED) is 0.910. The van der Waals surface area contributed by atoms with Crippen LogP contribution in [0.15, 0.2) is 41.8 Å². The second-order valence-electron chi connectivity index (χ2n) is 4.89. The first-order chi connectivity index (χ1) is 8.50. The lowest BCUT2D eigenvalue weighted by molar-refractivity contribution is -0.142. The molecular weight excluding hydrogens is 244 g/mol. The van der Waals surface area contributed by atoms with E-state index in [1.165, 1.54) is 4.88 Å². The van der Waals surface area contributed by atoms with E-state index in [4.69, 9.17) is 0 Å². The number of benzene rings is 1. The van der Waals surface area contributed by atoms with Crippen LogP contribution in [0.25, 0.3) is 0 Å². The first kappa shape index (κ1) is 12.8. The van der Waals surface area contributed by atoms with Crippen molar-refractivity contribution < 1.29 is 9.90 Å². The van der Waals surface area contributed by atoms with Crippen LogP contribution in [0.1, 0.15) is 29.9 Å². The summed E-state index contributed by atoms with van der Waals surface area (Å²) in [6, 6.07) is 12.0. The van der Waals surface area contributed by atoms with Crippen molar-refractivity contribution in [2.24, 2.45) is 0 Å². The van der Waals surface area contributed by atoms with Gasteiger partial charge in [0, 0.05) is 11.3 Å². The molecule has 0 aliphatic rings. The number of carbonyl (C=O) groups is 1. The zero-order valence-corrected chi connectivity index (χ0v) is 11.3. The molecule has 2 nitrogen and oxygen atoms in total. The molecule has 0 atom stereocenters. The van der Waals surface area contributed by atoms with Crippen LogP contribution in [-0.2, 0) is 16.6 Å². The number of thiophene rings is 1. The van der Waals surface area contributed by atoms with Crippen LogP contribution in [0.3, 0.4) is 0 Å². The molecule has 0 saturated heterocycles. The Morgan fingerprint density at radius 2 is 2.06 bits per heavy atom.